The summed E-state index contributed by atoms with van der Waals surface area (Å²) < 4.78 is 1.23. The van der Waals surface area contributed by atoms with Crippen molar-refractivity contribution in [1.82, 2.24) is 9.78 Å². The SMILES string of the molecule is CCC(C(=O)Nc1cccc(C#N)c1)n1nc(-c2ccc(C)c(C)c2)ccc1=O. The minimum Gasteiger partial charge on any atom is -0.324 e. The fraction of sp³-hybridized carbons (Fsp3) is 0.217. The number of hydrogen-bond donors (Lipinski definition) is 1. The van der Waals surface area contributed by atoms with Crippen molar-refractivity contribution in [3.8, 4) is 17.3 Å². The molecule has 29 heavy (non-hydrogen) atoms. The predicted octanol–water partition coefficient (Wildman–Crippen LogP) is 3.99. The summed E-state index contributed by atoms with van der Waals surface area (Å²) in [4.78, 5) is 25.3. The third-order valence-corrected chi connectivity index (χ3v) is 4.87. The Morgan fingerprint density at radius 2 is 1.93 bits per heavy atom. The van der Waals surface area contributed by atoms with Crippen LogP contribution >= 0.6 is 0 Å². The van der Waals surface area contributed by atoms with E-state index in [9.17, 15) is 9.59 Å². The molecule has 1 atom stereocenters. The fourth-order valence-electron chi connectivity index (χ4n) is 3.06. The Balaban J connectivity index is 1.94. The van der Waals surface area contributed by atoms with Crippen molar-refractivity contribution < 1.29 is 4.79 Å². The van der Waals surface area contributed by atoms with Crippen molar-refractivity contribution in [3.05, 3.63) is 81.6 Å². The molecular weight excluding hydrogens is 364 g/mol. The highest BCUT2D eigenvalue weighted by Gasteiger charge is 2.21. The molecule has 1 unspecified atom stereocenters. The van der Waals surface area contributed by atoms with Crippen LogP contribution < -0.4 is 10.9 Å². The van der Waals surface area contributed by atoms with Gasteiger partial charge in [-0.25, -0.2) is 4.68 Å². The van der Waals surface area contributed by atoms with Crippen LogP contribution in [0.5, 0.6) is 0 Å². The van der Waals surface area contributed by atoms with Gasteiger partial charge in [-0.15, -0.1) is 0 Å². The zero-order valence-corrected chi connectivity index (χ0v) is 16.6. The van der Waals surface area contributed by atoms with Gasteiger partial charge in [-0.05, 0) is 61.7 Å². The molecule has 1 aromatic heterocycles. The molecule has 0 saturated carbocycles. The Hall–Kier alpha value is -3.72. The molecule has 1 N–H and O–H groups in total. The van der Waals surface area contributed by atoms with Crippen LogP contribution in [0.2, 0.25) is 0 Å². The minimum atomic E-state index is -0.764. The number of nitrogens with one attached hydrogen (secondary N) is 1. The lowest BCUT2D eigenvalue weighted by Crippen LogP contribution is -2.34. The highest BCUT2D eigenvalue weighted by atomic mass is 16.2. The highest BCUT2D eigenvalue weighted by Crippen LogP contribution is 2.21. The predicted molar refractivity (Wildman–Crippen MR) is 113 cm³/mol. The van der Waals surface area contributed by atoms with E-state index >= 15 is 0 Å². The quantitative estimate of drug-likeness (QED) is 0.718. The minimum absolute atomic E-state index is 0.342. The summed E-state index contributed by atoms with van der Waals surface area (Å²) >= 11 is 0. The highest BCUT2D eigenvalue weighted by molar-refractivity contribution is 5.93. The van der Waals surface area contributed by atoms with E-state index in [2.05, 4.69) is 10.4 Å². The molecule has 3 aromatic rings. The van der Waals surface area contributed by atoms with Crippen molar-refractivity contribution in [2.45, 2.75) is 33.2 Å². The fourth-order valence-corrected chi connectivity index (χ4v) is 3.06. The van der Waals surface area contributed by atoms with Crippen LogP contribution in [0.15, 0.2) is 59.4 Å². The number of aromatic nitrogens is 2. The first-order valence-electron chi connectivity index (χ1n) is 9.41. The van der Waals surface area contributed by atoms with Crippen molar-refractivity contribution in [2.75, 3.05) is 5.32 Å². The van der Waals surface area contributed by atoms with Crippen molar-refractivity contribution in [2.24, 2.45) is 0 Å². The number of nitrogens with zero attached hydrogens (tertiary/aromatic N) is 3. The molecule has 0 bridgehead atoms. The van der Waals surface area contributed by atoms with Crippen LogP contribution in [0.1, 0.15) is 36.1 Å². The second-order valence-corrected chi connectivity index (χ2v) is 6.91. The van der Waals surface area contributed by atoms with Gasteiger partial charge in [-0.3, -0.25) is 9.59 Å². The van der Waals surface area contributed by atoms with Gasteiger partial charge in [0.2, 0.25) is 5.91 Å². The van der Waals surface area contributed by atoms with Crippen LogP contribution in [-0.2, 0) is 4.79 Å². The lowest BCUT2D eigenvalue weighted by molar-refractivity contribution is -0.119. The maximum Gasteiger partial charge on any atom is 0.267 e. The third kappa shape index (κ3) is 4.41. The Morgan fingerprint density at radius 1 is 1.14 bits per heavy atom. The molecule has 3 rings (SSSR count). The number of hydrogen-bond acceptors (Lipinski definition) is 4. The third-order valence-electron chi connectivity index (χ3n) is 4.87. The standard InChI is InChI=1S/C23H22N4O2/c1-4-21(23(29)25-19-7-5-6-17(13-19)14-24)27-22(28)11-10-20(26-27)18-9-8-15(2)16(3)12-18/h5-13,21H,4H2,1-3H3,(H,25,29). The molecule has 6 nitrogen and oxygen atoms in total. The van der Waals surface area contributed by atoms with Gasteiger partial charge in [0.25, 0.3) is 5.56 Å². The molecule has 0 radical (unpaired) electrons. The summed E-state index contributed by atoms with van der Waals surface area (Å²) in [5.74, 6) is -0.352. The maximum absolute atomic E-state index is 12.8. The largest absolute Gasteiger partial charge is 0.324 e. The van der Waals surface area contributed by atoms with E-state index in [1.807, 2.05) is 45.0 Å². The molecule has 0 spiro atoms. The Bertz CT molecular complexity index is 1160. The number of carbonyl (C=O) groups excluding carboxylic acids is 1. The van der Waals surface area contributed by atoms with Gasteiger partial charge < -0.3 is 5.32 Å². The van der Waals surface area contributed by atoms with Gasteiger partial charge in [0.1, 0.15) is 6.04 Å². The Kier molecular flexibility index (Phi) is 5.89. The van der Waals surface area contributed by atoms with Gasteiger partial charge in [0.05, 0.1) is 17.3 Å². The summed E-state index contributed by atoms with van der Waals surface area (Å²) in [5, 5.41) is 16.3. The van der Waals surface area contributed by atoms with Crippen LogP contribution in [0, 0.1) is 25.2 Å². The Morgan fingerprint density at radius 3 is 2.62 bits per heavy atom. The first-order valence-corrected chi connectivity index (χ1v) is 9.41. The van der Waals surface area contributed by atoms with E-state index in [0.717, 1.165) is 11.1 Å². The van der Waals surface area contributed by atoms with E-state index in [1.165, 1.54) is 16.3 Å². The van der Waals surface area contributed by atoms with Crippen LogP contribution in [0.4, 0.5) is 5.69 Å². The summed E-state index contributed by atoms with van der Waals surface area (Å²) in [6.07, 6.45) is 0.396. The van der Waals surface area contributed by atoms with Crippen molar-refractivity contribution >= 4 is 11.6 Å². The summed E-state index contributed by atoms with van der Waals surface area (Å²) in [6.45, 7) is 5.88. The van der Waals surface area contributed by atoms with Crippen molar-refractivity contribution in [1.29, 1.82) is 5.26 Å². The number of amides is 1. The lowest BCUT2D eigenvalue weighted by Gasteiger charge is -2.18. The molecule has 2 aromatic carbocycles. The van der Waals surface area contributed by atoms with E-state index in [-0.39, 0.29) is 11.5 Å². The van der Waals surface area contributed by atoms with Crippen molar-refractivity contribution in [3.63, 3.8) is 0 Å². The average molecular weight is 386 g/mol. The van der Waals surface area contributed by atoms with Crippen LogP contribution in [0.25, 0.3) is 11.3 Å². The Labute approximate surface area is 169 Å². The topological polar surface area (TPSA) is 87.8 Å². The number of aryl methyl sites for hydroxylation is 2. The zero-order valence-electron chi connectivity index (χ0n) is 16.6. The lowest BCUT2D eigenvalue weighted by atomic mass is 10.0. The van der Waals surface area contributed by atoms with E-state index in [1.54, 1.807) is 30.3 Å². The molecular formula is C23H22N4O2. The molecule has 146 valence electrons. The number of rotatable bonds is 5. The molecule has 0 fully saturated rings. The maximum atomic E-state index is 12.8. The zero-order chi connectivity index (χ0) is 21.0. The number of nitriles is 1. The second kappa shape index (κ2) is 8.53. The van der Waals surface area contributed by atoms with Crippen LogP contribution in [-0.4, -0.2) is 15.7 Å². The van der Waals surface area contributed by atoms with Crippen LogP contribution in [0.3, 0.4) is 0 Å². The number of anilines is 1. The normalized spacial score (nSPS) is 11.5. The smallest absolute Gasteiger partial charge is 0.267 e. The molecule has 0 aliphatic rings. The van der Waals surface area contributed by atoms with E-state index in [4.69, 9.17) is 5.26 Å². The van der Waals surface area contributed by atoms with E-state index < -0.39 is 6.04 Å². The first-order chi connectivity index (χ1) is 13.9. The molecule has 6 heteroatoms. The average Bonchev–Trinajstić information content (AvgIpc) is 2.72. The number of benzene rings is 2. The van der Waals surface area contributed by atoms with Gasteiger partial charge in [0, 0.05) is 17.3 Å². The number of carbonyl (C=O) groups is 1. The molecule has 0 aliphatic heterocycles. The van der Waals surface area contributed by atoms with Gasteiger partial charge in [-0.1, -0.05) is 25.1 Å². The van der Waals surface area contributed by atoms with Gasteiger partial charge in [-0.2, -0.15) is 10.4 Å². The molecule has 1 amide bonds. The molecule has 0 saturated heterocycles. The molecule has 1 heterocycles. The first kappa shape index (κ1) is 20.0. The second-order valence-electron chi connectivity index (χ2n) is 6.91. The summed E-state index contributed by atoms with van der Waals surface area (Å²) in [6, 6.07) is 17.0. The summed E-state index contributed by atoms with van der Waals surface area (Å²) in [7, 11) is 0. The monoisotopic (exact) mass is 386 g/mol. The summed E-state index contributed by atoms with van der Waals surface area (Å²) in [5.41, 5.74) is 4.43. The molecule has 0 aliphatic carbocycles. The van der Waals surface area contributed by atoms with Gasteiger partial charge >= 0.3 is 0 Å². The van der Waals surface area contributed by atoms with Gasteiger partial charge in [0.15, 0.2) is 0 Å². The van der Waals surface area contributed by atoms with E-state index in [0.29, 0.717) is 23.4 Å².